The molecule has 0 saturated carbocycles. The van der Waals surface area contributed by atoms with Crippen LogP contribution in [-0.2, 0) is 23.8 Å². The first-order chi connectivity index (χ1) is 15.5. The molecule has 11 nitrogen and oxygen atoms in total. The lowest BCUT2D eigenvalue weighted by Gasteiger charge is -2.44. The Kier molecular flexibility index (Phi) is 8.80. The fraction of sp³-hybridized carbons (Fsp3) is 0.762. The lowest BCUT2D eigenvalue weighted by atomic mass is 9.78. The van der Waals surface area contributed by atoms with Crippen molar-refractivity contribution in [1.29, 1.82) is 0 Å². The molecule has 0 saturated heterocycles. The van der Waals surface area contributed by atoms with Crippen LogP contribution in [0, 0.1) is 5.41 Å². The summed E-state index contributed by atoms with van der Waals surface area (Å²) in [5.74, 6) is -3.16. The summed E-state index contributed by atoms with van der Waals surface area (Å²) in [5, 5.41) is 7.17. The smallest absolute Gasteiger partial charge is 0.422 e. The van der Waals surface area contributed by atoms with Gasteiger partial charge < -0.3 is 19.5 Å². The van der Waals surface area contributed by atoms with Gasteiger partial charge in [0.15, 0.2) is 6.61 Å². The molecule has 1 atom stereocenters. The van der Waals surface area contributed by atoms with E-state index in [1.54, 1.807) is 55.4 Å². The van der Waals surface area contributed by atoms with Crippen molar-refractivity contribution in [2.45, 2.75) is 84.9 Å². The van der Waals surface area contributed by atoms with Crippen molar-refractivity contribution in [3.8, 4) is 0 Å². The summed E-state index contributed by atoms with van der Waals surface area (Å²) < 4.78 is 51.5. The summed E-state index contributed by atoms with van der Waals surface area (Å²) in [4.78, 5) is 53.1. The maximum atomic E-state index is 12.5. The minimum atomic E-state index is -4.83. The van der Waals surface area contributed by atoms with E-state index < -0.39 is 59.1 Å². The van der Waals surface area contributed by atoms with Crippen molar-refractivity contribution in [3.63, 3.8) is 0 Å². The van der Waals surface area contributed by atoms with Crippen molar-refractivity contribution in [3.05, 3.63) is 0 Å². The first-order valence-corrected chi connectivity index (χ1v) is 10.6. The summed E-state index contributed by atoms with van der Waals surface area (Å²) >= 11 is 0. The van der Waals surface area contributed by atoms with E-state index in [-0.39, 0.29) is 18.8 Å². The Hall–Kier alpha value is -3.06. The molecule has 35 heavy (non-hydrogen) atoms. The largest absolute Gasteiger partial charge is 0.449 e. The van der Waals surface area contributed by atoms with E-state index in [4.69, 9.17) is 9.47 Å². The zero-order valence-electron chi connectivity index (χ0n) is 21.1. The molecule has 0 aromatic rings. The molecule has 200 valence electrons. The maximum Gasteiger partial charge on any atom is 0.422 e. The fourth-order valence-corrected chi connectivity index (χ4v) is 3.11. The topological polar surface area (TPSA) is 144 Å². The highest BCUT2D eigenvalue weighted by atomic mass is 19.4. The number of nitrogens with one attached hydrogen (secondary N) is 3. The molecule has 1 aliphatic rings. The number of amidine groups is 1. The molecule has 0 radical (unpaired) electrons. The van der Waals surface area contributed by atoms with E-state index in [0.717, 1.165) is 0 Å². The highest BCUT2D eigenvalue weighted by Gasteiger charge is 2.47. The van der Waals surface area contributed by atoms with Crippen molar-refractivity contribution < 1.29 is 46.6 Å². The van der Waals surface area contributed by atoms with E-state index in [0.29, 0.717) is 0 Å². The molecule has 0 fully saturated rings. The number of ether oxygens (including phenoxy) is 3. The average Bonchev–Trinajstić information content (AvgIpc) is 2.57. The van der Waals surface area contributed by atoms with Gasteiger partial charge in [-0.1, -0.05) is 13.8 Å². The van der Waals surface area contributed by atoms with Gasteiger partial charge in [-0.3, -0.25) is 20.4 Å². The number of alkyl halides is 3. The Bertz CT molecular complexity index is 874. The standard InChI is InChI=1S/C21H33F3N4O7/c1-17(2,3)34-15(31)26-14-19(7,8)9-20(10-25-14,28-16(32)35-18(4,5)6)27-12(29)13(30)33-11-21(22,23)24/h9-11H2,1-8H3,(H,27,29)(H,28,32)(H,25,26,31). The third-order valence-electron chi connectivity index (χ3n) is 4.16. The molecule has 0 aliphatic carbocycles. The average molecular weight is 511 g/mol. The summed E-state index contributed by atoms with van der Waals surface area (Å²) in [6, 6.07) is 0. The summed E-state index contributed by atoms with van der Waals surface area (Å²) in [6.45, 7) is 10.7. The van der Waals surface area contributed by atoms with Gasteiger partial charge in [-0.2, -0.15) is 13.2 Å². The Labute approximate surface area is 201 Å². The van der Waals surface area contributed by atoms with E-state index in [2.05, 4.69) is 25.7 Å². The van der Waals surface area contributed by atoms with Crippen molar-refractivity contribution in [1.82, 2.24) is 16.0 Å². The predicted octanol–water partition coefficient (Wildman–Crippen LogP) is 2.78. The third-order valence-corrected chi connectivity index (χ3v) is 4.16. The molecular formula is C21H33F3N4O7. The van der Waals surface area contributed by atoms with Gasteiger partial charge in [0, 0.05) is 11.8 Å². The van der Waals surface area contributed by atoms with E-state index in [1.807, 2.05) is 0 Å². The molecular weight excluding hydrogens is 477 g/mol. The zero-order chi connectivity index (χ0) is 27.5. The highest BCUT2D eigenvalue weighted by Crippen LogP contribution is 2.33. The second-order valence-corrected chi connectivity index (χ2v) is 10.7. The van der Waals surface area contributed by atoms with Crippen LogP contribution in [0.4, 0.5) is 22.8 Å². The number of hydrogen-bond donors (Lipinski definition) is 3. The molecule has 1 heterocycles. The molecule has 14 heteroatoms. The summed E-state index contributed by atoms with van der Waals surface area (Å²) in [6.07, 6.45) is -6.72. The summed E-state index contributed by atoms with van der Waals surface area (Å²) in [5.41, 5.74) is -4.47. The van der Waals surface area contributed by atoms with Gasteiger partial charge in [0.05, 0.1) is 6.54 Å². The minimum absolute atomic E-state index is 0.133. The molecule has 0 aromatic carbocycles. The van der Waals surface area contributed by atoms with Crippen molar-refractivity contribution >= 4 is 29.9 Å². The molecule has 1 unspecified atom stereocenters. The van der Waals surface area contributed by atoms with Crippen LogP contribution in [0.25, 0.3) is 0 Å². The Morgan fingerprint density at radius 2 is 1.43 bits per heavy atom. The molecule has 0 spiro atoms. The highest BCUT2D eigenvalue weighted by molar-refractivity contribution is 6.32. The van der Waals surface area contributed by atoms with Crippen molar-refractivity contribution in [2.24, 2.45) is 10.4 Å². The molecule has 1 rings (SSSR count). The van der Waals surface area contributed by atoms with Crippen LogP contribution in [0.15, 0.2) is 4.99 Å². The van der Waals surface area contributed by atoms with Gasteiger partial charge in [0.1, 0.15) is 22.7 Å². The van der Waals surface area contributed by atoms with Gasteiger partial charge in [-0.15, -0.1) is 0 Å². The van der Waals surface area contributed by atoms with Crippen LogP contribution in [0.1, 0.15) is 61.8 Å². The Balaban J connectivity index is 3.18. The number of hydrogen-bond acceptors (Lipinski definition) is 8. The summed E-state index contributed by atoms with van der Waals surface area (Å²) in [7, 11) is 0. The normalized spacial score (nSPS) is 20.1. The van der Waals surface area contributed by atoms with Crippen LogP contribution in [0.5, 0.6) is 0 Å². The van der Waals surface area contributed by atoms with Gasteiger partial charge >= 0.3 is 30.2 Å². The van der Waals surface area contributed by atoms with Crippen LogP contribution in [-0.4, -0.2) is 66.1 Å². The quantitative estimate of drug-likeness (QED) is 0.229. The molecule has 1 aliphatic heterocycles. The number of carbonyl (C=O) groups is 4. The number of alkyl carbamates (subject to hydrolysis) is 2. The Morgan fingerprint density at radius 3 is 1.89 bits per heavy atom. The number of esters is 1. The van der Waals surface area contributed by atoms with E-state index in [9.17, 15) is 32.3 Å². The zero-order valence-corrected chi connectivity index (χ0v) is 21.1. The number of nitrogens with zero attached hydrogens (tertiary/aromatic N) is 1. The van der Waals surface area contributed by atoms with Gasteiger partial charge in [0.2, 0.25) is 0 Å². The second kappa shape index (κ2) is 10.3. The number of halogens is 3. The van der Waals surface area contributed by atoms with Gasteiger partial charge in [0.25, 0.3) is 0 Å². The molecule has 0 aromatic heterocycles. The van der Waals surface area contributed by atoms with Gasteiger partial charge in [-0.05, 0) is 41.5 Å². The lowest BCUT2D eigenvalue weighted by molar-refractivity contribution is -0.187. The third kappa shape index (κ3) is 10.8. The van der Waals surface area contributed by atoms with E-state index >= 15 is 0 Å². The van der Waals surface area contributed by atoms with Crippen molar-refractivity contribution in [2.75, 3.05) is 13.2 Å². The monoisotopic (exact) mass is 510 g/mol. The lowest BCUT2D eigenvalue weighted by Crippen LogP contribution is -2.68. The van der Waals surface area contributed by atoms with Crippen LogP contribution < -0.4 is 16.0 Å². The molecule has 3 N–H and O–H groups in total. The predicted molar refractivity (Wildman–Crippen MR) is 117 cm³/mol. The SMILES string of the molecule is CC(C)(C)OC(=O)NC1=NCC(NC(=O)OC(C)(C)C)(NC(=O)C(=O)OCC(F)(F)F)CC1(C)C. The number of rotatable bonds is 3. The van der Waals surface area contributed by atoms with Crippen LogP contribution in [0.2, 0.25) is 0 Å². The van der Waals surface area contributed by atoms with E-state index in [1.165, 1.54) is 0 Å². The number of carbonyl (C=O) groups excluding carboxylic acids is 4. The fourth-order valence-electron chi connectivity index (χ4n) is 3.11. The molecule has 3 amide bonds. The Morgan fingerprint density at radius 1 is 0.914 bits per heavy atom. The van der Waals surface area contributed by atoms with Gasteiger partial charge in [-0.25, -0.2) is 14.4 Å². The first-order valence-electron chi connectivity index (χ1n) is 10.6. The second-order valence-electron chi connectivity index (χ2n) is 10.7. The maximum absolute atomic E-state index is 12.5. The first kappa shape index (κ1) is 30.0. The van der Waals surface area contributed by atoms with Crippen LogP contribution >= 0.6 is 0 Å². The van der Waals surface area contributed by atoms with Crippen LogP contribution in [0.3, 0.4) is 0 Å². The number of amides is 3. The molecule has 0 bridgehead atoms. The minimum Gasteiger partial charge on any atom is -0.449 e. The number of aliphatic imine (C=N–C) groups is 1.